The first-order valence-corrected chi connectivity index (χ1v) is 7.24. The lowest BCUT2D eigenvalue weighted by atomic mass is 9.84. The van der Waals surface area contributed by atoms with E-state index in [1.807, 2.05) is 18.2 Å². The van der Waals surface area contributed by atoms with Gasteiger partial charge in [-0.2, -0.15) is 0 Å². The van der Waals surface area contributed by atoms with E-state index in [1.165, 1.54) is 16.8 Å². The van der Waals surface area contributed by atoms with Gasteiger partial charge in [-0.15, -0.1) is 0 Å². The number of nitrogens with two attached hydrogens (primary N) is 1. The summed E-state index contributed by atoms with van der Waals surface area (Å²) >= 11 is 0. The highest BCUT2D eigenvalue weighted by Crippen LogP contribution is 2.40. The molecule has 3 aromatic carbocycles. The van der Waals surface area contributed by atoms with Gasteiger partial charge in [-0.25, -0.2) is 4.39 Å². The molecule has 0 bridgehead atoms. The van der Waals surface area contributed by atoms with Crippen LogP contribution in [0.2, 0.25) is 0 Å². The van der Waals surface area contributed by atoms with E-state index >= 15 is 0 Å². The van der Waals surface area contributed by atoms with Crippen molar-refractivity contribution in [2.45, 2.75) is 18.4 Å². The summed E-state index contributed by atoms with van der Waals surface area (Å²) in [6.45, 7) is 0. The molecule has 2 heteroatoms. The van der Waals surface area contributed by atoms with Crippen LogP contribution in [-0.2, 0) is 12.0 Å². The topological polar surface area (TPSA) is 26.0 Å². The zero-order valence-corrected chi connectivity index (χ0v) is 11.6. The van der Waals surface area contributed by atoms with Crippen molar-refractivity contribution in [3.63, 3.8) is 0 Å². The predicted octanol–water partition coefficient (Wildman–Crippen LogP) is 4.13. The third-order valence-electron chi connectivity index (χ3n) is 4.60. The molecule has 2 N–H and O–H groups in total. The number of fused-ring (bicyclic) bond motifs is 2. The summed E-state index contributed by atoms with van der Waals surface area (Å²) in [6.07, 6.45) is 1.65. The lowest BCUT2D eigenvalue weighted by Gasteiger charge is -2.26. The highest BCUT2D eigenvalue weighted by molar-refractivity contribution is 5.83. The van der Waals surface area contributed by atoms with Gasteiger partial charge in [0, 0.05) is 0 Å². The molecule has 0 aliphatic heterocycles. The van der Waals surface area contributed by atoms with Crippen LogP contribution in [0.4, 0.5) is 4.39 Å². The fourth-order valence-corrected chi connectivity index (χ4v) is 3.44. The molecule has 3 aromatic rings. The van der Waals surface area contributed by atoms with Crippen LogP contribution < -0.4 is 5.73 Å². The van der Waals surface area contributed by atoms with Gasteiger partial charge in [0.1, 0.15) is 5.82 Å². The summed E-state index contributed by atoms with van der Waals surface area (Å²) in [7, 11) is 0. The molecule has 1 nitrogen and oxygen atoms in total. The molecule has 0 fully saturated rings. The minimum Gasteiger partial charge on any atom is -0.318 e. The summed E-state index contributed by atoms with van der Waals surface area (Å²) in [4.78, 5) is 0. The zero-order chi connectivity index (χ0) is 14.4. The lowest BCUT2D eigenvalue weighted by Crippen LogP contribution is -2.35. The van der Waals surface area contributed by atoms with Crippen molar-refractivity contribution in [3.8, 4) is 0 Å². The van der Waals surface area contributed by atoms with Crippen molar-refractivity contribution in [2.24, 2.45) is 5.73 Å². The SMILES string of the molecule is NC1(c2ccc3ccccc3c2)CCc2cc(F)ccc21. The second kappa shape index (κ2) is 4.40. The van der Waals surface area contributed by atoms with Gasteiger partial charge in [0.2, 0.25) is 0 Å². The van der Waals surface area contributed by atoms with Crippen molar-refractivity contribution in [2.75, 3.05) is 0 Å². The molecule has 1 atom stereocenters. The fraction of sp³-hybridized carbons (Fsp3) is 0.158. The molecular weight excluding hydrogens is 261 g/mol. The molecule has 0 saturated carbocycles. The van der Waals surface area contributed by atoms with Crippen LogP contribution in [0.15, 0.2) is 60.7 Å². The van der Waals surface area contributed by atoms with E-state index < -0.39 is 5.54 Å². The molecule has 0 radical (unpaired) electrons. The van der Waals surface area contributed by atoms with Crippen molar-refractivity contribution >= 4 is 10.8 Å². The molecule has 0 saturated heterocycles. The third kappa shape index (κ3) is 1.87. The van der Waals surface area contributed by atoms with E-state index in [0.717, 1.165) is 29.5 Å². The Hall–Kier alpha value is -2.19. The van der Waals surface area contributed by atoms with E-state index in [9.17, 15) is 4.39 Å². The Kier molecular flexibility index (Phi) is 2.63. The quantitative estimate of drug-likeness (QED) is 0.711. The number of rotatable bonds is 1. The van der Waals surface area contributed by atoms with Crippen LogP contribution >= 0.6 is 0 Å². The van der Waals surface area contributed by atoms with E-state index in [-0.39, 0.29) is 5.82 Å². The van der Waals surface area contributed by atoms with Crippen LogP contribution in [0.5, 0.6) is 0 Å². The molecule has 0 aromatic heterocycles. The van der Waals surface area contributed by atoms with E-state index in [2.05, 4.69) is 30.3 Å². The molecule has 1 aliphatic rings. The number of aryl methyl sites for hydroxylation is 1. The number of hydrogen-bond acceptors (Lipinski definition) is 1. The largest absolute Gasteiger partial charge is 0.318 e. The molecule has 21 heavy (non-hydrogen) atoms. The van der Waals surface area contributed by atoms with Gasteiger partial charge in [-0.1, -0.05) is 42.5 Å². The molecule has 4 rings (SSSR count). The van der Waals surface area contributed by atoms with Crippen molar-refractivity contribution in [1.82, 2.24) is 0 Å². The van der Waals surface area contributed by atoms with E-state index in [1.54, 1.807) is 6.07 Å². The van der Waals surface area contributed by atoms with Gasteiger partial charge in [0.25, 0.3) is 0 Å². The number of hydrogen-bond donors (Lipinski definition) is 1. The van der Waals surface area contributed by atoms with Crippen molar-refractivity contribution in [3.05, 3.63) is 83.2 Å². The Balaban J connectivity index is 1.89. The maximum atomic E-state index is 13.4. The van der Waals surface area contributed by atoms with E-state index in [0.29, 0.717) is 0 Å². The first-order chi connectivity index (χ1) is 10.2. The second-order valence-electron chi connectivity index (χ2n) is 5.83. The summed E-state index contributed by atoms with van der Waals surface area (Å²) in [5.74, 6) is -0.184. The average Bonchev–Trinajstić information content (AvgIpc) is 2.84. The van der Waals surface area contributed by atoms with Crippen molar-refractivity contribution < 1.29 is 4.39 Å². The monoisotopic (exact) mass is 277 g/mol. The molecular formula is C19H16FN. The first kappa shape index (κ1) is 12.5. The zero-order valence-electron chi connectivity index (χ0n) is 11.6. The third-order valence-corrected chi connectivity index (χ3v) is 4.60. The maximum Gasteiger partial charge on any atom is 0.123 e. The Labute approximate surface area is 123 Å². The van der Waals surface area contributed by atoms with Crippen LogP contribution in [0, 0.1) is 5.82 Å². The highest BCUT2D eigenvalue weighted by Gasteiger charge is 2.36. The second-order valence-corrected chi connectivity index (χ2v) is 5.83. The minimum absolute atomic E-state index is 0.184. The van der Waals surface area contributed by atoms with Crippen molar-refractivity contribution in [1.29, 1.82) is 0 Å². The Morgan fingerprint density at radius 1 is 0.905 bits per heavy atom. The van der Waals surface area contributed by atoms with E-state index in [4.69, 9.17) is 5.73 Å². The van der Waals surface area contributed by atoms with Crippen LogP contribution in [0.1, 0.15) is 23.1 Å². The minimum atomic E-state index is -0.507. The van der Waals surface area contributed by atoms with Crippen LogP contribution in [0.25, 0.3) is 10.8 Å². The molecule has 1 unspecified atom stereocenters. The summed E-state index contributed by atoms with van der Waals surface area (Å²) < 4.78 is 13.4. The molecule has 104 valence electrons. The summed E-state index contributed by atoms with van der Waals surface area (Å²) in [6, 6.07) is 19.6. The molecule has 0 heterocycles. The van der Waals surface area contributed by atoms with Gasteiger partial charge in [-0.05, 0) is 58.5 Å². The van der Waals surface area contributed by atoms with Gasteiger partial charge in [-0.3, -0.25) is 0 Å². The Morgan fingerprint density at radius 3 is 2.57 bits per heavy atom. The maximum absolute atomic E-state index is 13.4. The molecule has 0 amide bonds. The van der Waals surface area contributed by atoms with Gasteiger partial charge >= 0.3 is 0 Å². The van der Waals surface area contributed by atoms with Gasteiger partial charge < -0.3 is 5.73 Å². The normalized spacial score (nSPS) is 20.7. The van der Waals surface area contributed by atoms with Crippen LogP contribution in [0.3, 0.4) is 0 Å². The first-order valence-electron chi connectivity index (χ1n) is 7.24. The lowest BCUT2D eigenvalue weighted by molar-refractivity contribution is 0.535. The average molecular weight is 277 g/mol. The number of halogens is 1. The Bertz CT molecular complexity index is 840. The predicted molar refractivity (Wildman–Crippen MR) is 83.6 cm³/mol. The molecule has 1 aliphatic carbocycles. The van der Waals surface area contributed by atoms with Gasteiger partial charge in [0.15, 0.2) is 0 Å². The standard InChI is InChI=1S/C19H16FN/c20-17-7-8-18-15(12-17)9-10-19(18,21)16-6-5-13-3-1-2-4-14(13)11-16/h1-8,11-12H,9-10,21H2. The summed E-state index contributed by atoms with van der Waals surface area (Å²) in [5, 5.41) is 2.40. The Morgan fingerprint density at radius 2 is 1.71 bits per heavy atom. The number of benzene rings is 3. The smallest absolute Gasteiger partial charge is 0.123 e. The highest BCUT2D eigenvalue weighted by atomic mass is 19.1. The van der Waals surface area contributed by atoms with Crippen LogP contribution in [-0.4, -0.2) is 0 Å². The molecule has 0 spiro atoms. The fourth-order valence-electron chi connectivity index (χ4n) is 3.44. The summed E-state index contributed by atoms with van der Waals surface area (Å²) in [5.41, 5.74) is 9.39. The van der Waals surface area contributed by atoms with Gasteiger partial charge in [0.05, 0.1) is 5.54 Å².